The minimum Gasteiger partial charge on any atom is -0.493 e. The largest absolute Gasteiger partial charge is 0.493 e. The summed E-state index contributed by atoms with van der Waals surface area (Å²) in [7, 11) is 0. The Kier molecular flexibility index (Phi) is 13.6. The molecule has 0 amide bonds. The van der Waals surface area contributed by atoms with Crippen molar-refractivity contribution in [1.82, 2.24) is 9.97 Å². The lowest BCUT2D eigenvalue weighted by atomic mass is 10.1. The molecule has 0 saturated heterocycles. The van der Waals surface area contributed by atoms with Gasteiger partial charge in [0.25, 0.3) is 0 Å². The van der Waals surface area contributed by atoms with Gasteiger partial charge < -0.3 is 14.9 Å². The second kappa shape index (κ2) is 16.7. The Hall–Kier alpha value is -1.98. The molecule has 1 aromatic carbocycles. The number of aryl methyl sites for hydroxylation is 1. The third-order valence-electron chi connectivity index (χ3n) is 5.52. The van der Waals surface area contributed by atoms with Crippen molar-refractivity contribution in [2.75, 3.05) is 19.8 Å². The molecule has 0 saturated carbocycles. The van der Waals surface area contributed by atoms with E-state index in [1.54, 1.807) is 0 Å². The highest BCUT2D eigenvalue weighted by atomic mass is 16.5. The van der Waals surface area contributed by atoms with Crippen LogP contribution >= 0.6 is 0 Å². The van der Waals surface area contributed by atoms with Gasteiger partial charge in [0.05, 0.1) is 12.2 Å². The molecule has 0 aliphatic rings. The number of benzene rings is 1. The Morgan fingerprint density at radius 3 is 1.84 bits per heavy atom. The molecule has 0 unspecified atom stereocenters. The predicted molar refractivity (Wildman–Crippen MR) is 126 cm³/mol. The molecule has 0 spiro atoms. The number of aromatic nitrogens is 2. The van der Waals surface area contributed by atoms with Crippen molar-refractivity contribution in [2.24, 2.45) is 0 Å². The van der Waals surface area contributed by atoms with E-state index in [0.717, 1.165) is 62.7 Å². The van der Waals surface area contributed by atoms with Crippen LogP contribution in [0.25, 0.3) is 11.4 Å². The standard InChI is InChI=1S/C26H40N2O3/c29-18-12-6-2-1-5-9-15-23-21-27-26(28-22-23)24-16-10-11-17-25(24)31-20-14-8-4-3-7-13-19-30/h10-11,16-17,21-22,29-30H,1-9,12-15,18-20H2. The molecule has 1 aromatic heterocycles. The first-order valence-electron chi connectivity index (χ1n) is 12.1. The first kappa shape index (κ1) is 25.3. The number of aliphatic hydroxyl groups is 2. The van der Waals surface area contributed by atoms with Crippen LogP contribution in [0.3, 0.4) is 0 Å². The number of unbranched alkanes of at least 4 members (excludes halogenated alkanes) is 10. The number of hydrogen-bond donors (Lipinski definition) is 2. The van der Waals surface area contributed by atoms with Gasteiger partial charge in [0, 0.05) is 25.6 Å². The number of aliphatic hydroxyl groups excluding tert-OH is 2. The molecule has 31 heavy (non-hydrogen) atoms. The first-order valence-corrected chi connectivity index (χ1v) is 12.1. The van der Waals surface area contributed by atoms with Gasteiger partial charge in [-0.3, -0.25) is 0 Å². The van der Waals surface area contributed by atoms with E-state index in [4.69, 9.17) is 14.9 Å². The van der Waals surface area contributed by atoms with Crippen molar-refractivity contribution in [1.29, 1.82) is 0 Å². The minimum absolute atomic E-state index is 0.301. The molecule has 0 radical (unpaired) electrons. The highest BCUT2D eigenvalue weighted by Crippen LogP contribution is 2.27. The lowest BCUT2D eigenvalue weighted by Gasteiger charge is -2.11. The normalized spacial score (nSPS) is 11.0. The Morgan fingerprint density at radius 2 is 1.19 bits per heavy atom. The van der Waals surface area contributed by atoms with Crippen LogP contribution in [-0.4, -0.2) is 40.0 Å². The molecule has 0 aliphatic carbocycles. The molecule has 172 valence electrons. The summed E-state index contributed by atoms with van der Waals surface area (Å²) in [5.74, 6) is 1.56. The van der Waals surface area contributed by atoms with Crippen molar-refractivity contribution in [3.05, 3.63) is 42.2 Å². The molecule has 0 aliphatic heterocycles. The number of rotatable bonds is 18. The summed E-state index contributed by atoms with van der Waals surface area (Å²) in [4.78, 5) is 9.19. The molecular formula is C26H40N2O3. The molecule has 0 atom stereocenters. The molecule has 2 aromatic rings. The second-order valence-electron chi connectivity index (χ2n) is 8.20. The van der Waals surface area contributed by atoms with Gasteiger partial charge in [-0.15, -0.1) is 0 Å². The van der Waals surface area contributed by atoms with E-state index in [1.165, 1.54) is 37.7 Å². The van der Waals surface area contributed by atoms with E-state index in [1.807, 2.05) is 36.7 Å². The van der Waals surface area contributed by atoms with Gasteiger partial charge in [0.2, 0.25) is 0 Å². The van der Waals surface area contributed by atoms with E-state index < -0.39 is 0 Å². The maximum absolute atomic E-state index is 8.81. The fourth-order valence-corrected chi connectivity index (χ4v) is 3.65. The number of ether oxygens (including phenoxy) is 1. The van der Waals surface area contributed by atoms with Gasteiger partial charge in [-0.25, -0.2) is 9.97 Å². The number of para-hydroxylation sites is 1. The fraction of sp³-hybridized carbons (Fsp3) is 0.615. The van der Waals surface area contributed by atoms with Gasteiger partial charge in [0.1, 0.15) is 5.75 Å². The molecular weight excluding hydrogens is 388 g/mol. The van der Waals surface area contributed by atoms with Crippen LogP contribution in [-0.2, 0) is 6.42 Å². The summed E-state index contributed by atoms with van der Waals surface area (Å²) in [6.45, 7) is 1.31. The molecule has 1 heterocycles. The van der Waals surface area contributed by atoms with Crippen molar-refractivity contribution in [3.8, 4) is 17.1 Å². The van der Waals surface area contributed by atoms with Crippen LogP contribution in [0, 0.1) is 0 Å². The smallest absolute Gasteiger partial charge is 0.162 e. The van der Waals surface area contributed by atoms with E-state index in [-0.39, 0.29) is 0 Å². The Balaban J connectivity index is 1.73. The average Bonchev–Trinajstić information content (AvgIpc) is 2.81. The molecule has 2 rings (SSSR count). The SMILES string of the molecule is OCCCCCCCCOc1ccccc1-c1ncc(CCCCCCCCO)cn1. The molecule has 0 bridgehead atoms. The fourth-order valence-electron chi connectivity index (χ4n) is 3.65. The van der Waals surface area contributed by atoms with Crippen LogP contribution in [0.1, 0.15) is 82.6 Å². The van der Waals surface area contributed by atoms with Crippen LogP contribution in [0.15, 0.2) is 36.7 Å². The minimum atomic E-state index is 0.301. The van der Waals surface area contributed by atoms with E-state index >= 15 is 0 Å². The van der Waals surface area contributed by atoms with Crippen LogP contribution < -0.4 is 4.74 Å². The summed E-state index contributed by atoms with van der Waals surface area (Å²) >= 11 is 0. The Labute approximate surface area is 187 Å². The van der Waals surface area contributed by atoms with Crippen LogP contribution in [0.5, 0.6) is 5.75 Å². The zero-order valence-corrected chi connectivity index (χ0v) is 19.0. The summed E-state index contributed by atoms with van der Waals surface area (Å²) in [5, 5.41) is 17.6. The zero-order chi connectivity index (χ0) is 22.0. The van der Waals surface area contributed by atoms with Gasteiger partial charge >= 0.3 is 0 Å². The maximum atomic E-state index is 8.81. The Morgan fingerprint density at radius 1 is 0.645 bits per heavy atom. The third kappa shape index (κ3) is 10.7. The first-order chi connectivity index (χ1) is 15.3. The molecule has 2 N–H and O–H groups in total. The summed E-state index contributed by atoms with van der Waals surface area (Å²) in [6.07, 6.45) is 18.3. The Bertz CT molecular complexity index is 691. The summed E-state index contributed by atoms with van der Waals surface area (Å²) in [5.41, 5.74) is 2.12. The average molecular weight is 429 g/mol. The zero-order valence-electron chi connectivity index (χ0n) is 19.0. The molecule has 5 heteroatoms. The molecule has 0 fully saturated rings. The highest BCUT2D eigenvalue weighted by Gasteiger charge is 2.09. The monoisotopic (exact) mass is 428 g/mol. The van der Waals surface area contributed by atoms with Gasteiger partial charge in [0.15, 0.2) is 5.82 Å². The third-order valence-corrected chi connectivity index (χ3v) is 5.52. The van der Waals surface area contributed by atoms with E-state index in [0.29, 0.717) is 25.6 Å². The number of hydrogen-bond acceptors (Lipinski definition) is 5. The maximum Gasteiger partial charge on any atom is 0.162 e. The summed E-state index contributed by atoms with van der Waals surface area (Å²) < 4.78 is 6.03. The van der Waals surface area contributed by atoms with Crippen molar-refractivity contribution >= 4 is 0 Å². The van der Waals surface area contributed by atoms with Crippen molar-refractivity contribution in [3.63, 3.8) is 0 Å². The quantitative estimate of drug-likeness (QED) is 0.297. The lowest BCUT2D eigenvalue weighted by molar-refractivity contribution is 0.280. The van der Waals surface area contributed by atoms with Gasteiger partial charge in [-0.2, -0.15) is 0 Å². The van der Waals surface area contributed by atoms with Gasteiger partial charge in [-0.1, -0.05) is 63.5 Å². The predicted octanol–water partition coefficient (Wildman–Crippen LogP) is 5.73. The van der Waals surface area contributed by atoms with Crippen LogP contribution in [0.4, 0.5) is 0 Å². The summed E-state index contributed by atoms with van der Waals surface area (Å²) in [6, 6.07) is 8.00. The van der Waals surface area contributed by atoms with Crippen molar-refractivity contribution in [2.45, 2.75) is 83.5 Å². The lowest BCUT2D eigenvalue weighted by Crippen LogP contribution is -2.00. The van der Waals surface area contributed by atoms with E-state index in [9.17, 15) is 0 Å². The topological polar surface area (TPSA) is 75.5 Å². The van der Waals surface area contributed by atoms with Gasteiger partial charge in [-0.05, 0) is 49.8 Å². The highest BCUT2D eigenvalue weighted by molar-refractivity contribution is 5.63. The number of nitrogens with zero attached hydrogens (tertiary/aromatic N) is 2. The molecule has 5 nitrogen and oxygen atoms in total. The van der Waals surface area contributed by atoms with Crippen molar-refractivity contribution < 1.29 is 14.9 Å². The second-order valence-corrected chi connectivity index (χ2v) is 8.20. The van der Waals surface area contributed by atoms with E-state index in [2.05, 4.69) is 9.97 Å². The van der Waals surface area contributed by atoms with Crippen LogP contribution in [0.2, 0.25) is 0 Å².